The molecule has 2 heterocycles. The number of nitrogens with zero attached hydrogens (tertiary/aromatic N) is 4. The topological polar surface area (TPSA) is 104 Å². The van der Waals surface area contributed by atoms with Gasteiger partial charge in [-0.1, -0.05) is 0 Å². The Morgan fingerprint density at radius 1 is 1.30 bits per heavy atom. The average Bonchev–Trinajstić information content (AvgIpc) is 3.36. The molecule has 4 N–H and O–H groups in total. The van der Waals surface area contributed by atoms with Crippen LogP contribution in [0.2, 0.25) is 0 Å². The first kappa shape index (κ1) is 17.6. The summed E-state index contributed by atoms with van der Waals surface area (Å²) >= 11 is 0. The van der Waals surface area contributed by atoms with Gasteiger partial charge < -0.3 is 21.3 Å². The summed E-state index contributed by atoms with van der Waals surface area (Å²) in [7, 11) is 0. The Bertz CT molecular complexity index is 1060. The fraction of sp³-hybridized carbons (Fsp3) is 0.526. The number of aromatic nitrogens is 2. The van der Waals surface area contributed by atoms with Crippen molar-refractivity contribution in [1.29, 1.82) is 0 Å². The molecule has 2 fully saturated rings. The summed E-state index contributed by atoms with van der Waals surface area (Å²) in [5.41, 5.74) is 7.87. The van der Waals surface area contributed by atoms with Gasteiger partial charge in [0.1, 0.15) is 0 Å². The number of nitrogens with two attached hydrogens (primary N) is 2. The van der Waals surface area contributed by atoms with E-state index in [-0.39, 0.29) is 18.0 Å². The van der Waals surface area contributed by atoms with Crippen LogP contribution in [0.1, 0.15) is 30.9 Å². The van der Waals surface area contributed by atoms with Crippen LogP contribution in [0.4, 0.5) is 5.69 Å². The van der Waals surface area contributed by atoms with Crippen molar-refractivity contribution < 1.29 is 0 Å². The summed E-state index contributed by atoms with van der Waals surface area (Å²) in [6.07, 6.45) is 2.79. The van der Waals surface area contributed by atoms with Gasteiger partial charge in [0.2, 0.25) is 6.54 Å². The summed E-state index contributed by atoms with van der Waals surface area (Å²) in [5.74, 6) is 6.00. The first-order valence-corrected chi connectivity index (χ1v) is 9.33. The third-order valence-corrected chi connectivity index (χ3v) is 5.89. The van der Waals surface area contributed by atoms with Gasteiger partial charge in [0.25, 0.3) is 5.56 Å². The van der Waals surface area contributed by atoms with E-state index in [2.05, 4.69) is 9.74 Å². The van der Waals surface area contributed by atoms with Crippen LogP contribution < -0.4 is 27.7 Å². The molecular weight excluding hydrogens is 344 g/mol. The highest BCUT2D eigenvalue weighted by molar-refractivity contribution is 5.87. The zero-order valence-corrected chi connectivity index (χ0v) is 15.4. The van der Waals surface area contributed by atoms with Gasteiger partial charge in [-0.2, -0.15) is 4.68 Å². The number of hydrogen-bond acceptors (Lipinski definition) is 5. The molecule has 1 saturated heterocycles. The van der Waals surface area contributed by atoms with E-state index >= 15 is 0 Å². The minimum Gasteiger partial charge on any atom is -0.371 e. The van der Waals surface area contributed by atoms with Crippen LogP contribution in [-0.2, 0) is 0 Å². The van der Waals surface area contributed by atoms with E-state index in [1.165, 1.54) is 0 Å². The number of fused-ring (bicyclic) bond motifs is 1. The lowest BCUT2D eigenvalue weighted by atomic mass is 10.00. The van der Waals surface area contributed by atoms with Gasteiger partial charge in [-0.15, -0.1) is 0 Å². The van der Waals surface area contributed by atoms with Crippen molar-refractivity contribution in [3.63, 3.8) is 0 Å². The third-order valence-electron chi connectivity index (χ3n) is 5.89. The van der Waals surface area contributed by atoms with Gasteiger partial charge in [-0.05, 0) is 43.9 Å². The van der Waals surface area contributed by atoms with Crippen molar-refractivity contribution in [3.05, 3.63) is 50.0 Å². The van der Waals surface area contributed by atoms with Crippen LogP contribution in [0, 0.1) is 19.4 Å². The Morgan fingerprint density at radius 3 is 2.70 bits per heavy atom. The molecule has 0 bridgehead atoms. The van der Waals surface area contributed by atoms with Crippen molar-refractivity contribution in [2.45, 2.75) is 38.3 Å². The van der Waals surface area contributed by atoms with Crippen LogP contribution >= 0.6 is 0 Å². The molecule has 1 aromatic heterocycles. The predicted octanol–water partition coefficient (Wildman–Crippen LogP) is 0.593. The minimum atomic E-state index is -0.458. The van der Waals surface area contributed by atoms with Crippen molar-refractivity contribution in [2.75, 3.05) is 30.4 Å². The lowest BCUT2D eigenvalue weighted by Gasteiger charge is -2.24. The molecule has 1 aliphatic carbocycles. The van der Waals surface area contributed by atoms with Crippen LogP contribution in [0.25, 0.3) is 15.7 Å². The Labute approximate surface area is 156 Å². The van der Waals surface area contributed by atoms with Crippen LogP contribution in [0.3, 0.4) is 0 Å². The first-order chi connectivity index (χ1) is 12.9. The molecule has 142 valence electrons. The Kier molecular flexibility index (Phi) is 4.19. The van der Waals surface area contributed by atoms with E-state index in [1.54, 1.807) is 10.6 Å². The molecule has 4 rings (SSSR count). The fourth-order valence-electron chi connectivity index (χ4n) is 4.23. The maximum absolute atomic E-state index is 12.6. The third kappa shape index (κ3) is 2.79. The molecular formula is C19H24N6O2. The molecule has 2 atom stereocenters. The highest BCUT2D eigenvalue weighted by Crippen LogP contribution is 2.38. The van der Waals surface area contributed by atoms with E-state index in [0.29, 0.717) is 17.4 Å². The van der Waals surface area contributed by atoms with Gasteiger partial charge in [-0.25, -0.2) is 11.4 Å². The van der Waals surface area contributed by atoms with Crippen molar-refractivity contribution in [3.8, 4) is 0 Å². The average molecular weight is 368 g/mol. The Balaban J connectivity index is 1.81. The summed E-state index contributed by atoms with van der Waals surface area (Å²) in [6.45, 7) is 11.0. The quantitative estimate of drug-likeness (QED) is 0.607. The van der Waals surface area contributed by atoms with Gasteiger partial charge in [0.05, 0.1) is 16.9 Å². The second-order valence-electron chi connectivity index (χ2n) is 7.66. The van der Waals surface area contributed by atoms with Crippen LogP contribution in [0.15, 0.2) is 21.7 Å². The standard InChI is InChI=1S/C19H24N6O2/c1-11-16(23-8-7-12(10-23)15(20)9-22-2)6-5-14-17(11)24(13-3-4-13)19(27)25(21)18(14)26/h5-6,12-13,15H,3-4,7-10,20-21H2,1H3. The lowest BCUT2D eigenvalue weighted by Crippen LogP contribution is -2.44. The second kappa shape index (κ2) is 6.43. The van der Waals surface area contributed by atoms with Crippen LogP contribution in [0.5, 0.6) is 0 Å². The fourth-order valence-corrected chi connectivity index (χ4v) is 4.23. The molecule has 0 radical (unpaired) electrons. The molecule has 1 aromatic carbocycles. The molecule has 0 spiro atoms. The molecule has 2 aliphatic rings. The normalized spacial score (nSPS) is 20.8. The first-order valence-electron chi connectivity index (χ1n) is 9.33. The molecule has 8 heteroatoms. The maximum atomic E-state index is 12.6. The number of anilines is 1. The zero-order valence-electron chi connectivity index (χ0n) is 15.4. The molecule has 1 aliphatic heterocycles. The smallest absolute Gasteiger partial charge is 0.350 e. The number of nitrogen functional groups attached to an aromatic ring is 1. The summed E-state index contributed by atoms with van der Waals surface area (Å²) in [4.78, 5) is 30.8. The Hall–Kier alpha value is -2.79. The number of hydrogen-bond donors (Lipinski definition) is 2. The van der Waals surface area contributed by atoms with Crippen molar-refractivity contribution in [1.82, 2.24) is 9.24 Å². The number of rotatable bonds is 4. The van der Waals surface area contributed by atoms with Gasteiger partial charge in [0.15, 0.2) is 0 Å². The monoisotopic (exact) mass is 368 g/mol. The van der Waals surface area contributed by atoms with Gasteiger partial charge in [0, 0.05) is 30.7 Å². The van der Waals surface area contributed by atoms with Gasteiger partial charge >= 0.3 is 5.69 Å². The van der Waals surface area contributed by atoms with Crippen molar-refractivity contribution >= 4 is 16.6 Å². The Morgan fingerprint density at radius 2 is 2.04 bits per heavy atom. The van der Waals surface area contributed by atoms with E-state index in [9.17, 15) is 9.59 Å². The molecule has 2 aromatic rings. The lowest BCUT2D eigenvalue weighted by molar-refractivity contribution is 0.480. The van der Waals surface area contributed by atoms with Crippen molar-refractivity contribution in [2.24, 2.45) is 11.7 Å². The largest absolute Gasteiger partial charge is 0.371 e. The molecule has 2 unspecified atom stereocenters. The predicted molar refractivity (Wildman–Crippen MR) is 105 cm³/mol. The van der Waals surface area contributed by atoms with Crippen LogP contribution in [-0.4, -0.2) is 34.9 Å². The number of benzene rings is 1. The molecule has 8 nitrogen and oxygen atoms in total. The SMILES string of the molecule is [C-]#[N+]CC(N)C1CCN(c2ccc3c(=O)n(N)c(=O)n(C4CC4)c3c2C)C1. The molecule has 27 heavy (non-hydrogen) atoms. The summed E-state index contributed by atoms with van der Waals surface area (Å²) in [5, 5.41) is 0.478. The molecule has 1 saturated carbocycles. The van der Waals surface area contributed by atoms with E-state index < -0.39 is 11.2 Å². The van der Waals surface area contributed by atoms with E-state index in [4.69, 9.17) is 18.1 Å². The zero-order chi connectivity index (χ0) is 19.3. The summed E-state index contributed by atoms with van der Waals surface area (Å²) < 4.78 is 2.41. The van der Waals surface area contributed by atoms with E-state index in [0.717, 1.165) is 48.3 Å². The maximum Gasteiger partial charge on any atom is 0.350 e. The van der Waals surface area contributed by atoms with Gasteiger partial charge in [-0.3, -0.25) is 9.36 Å². The minimum absolute atomic E-state index is 0.114. The second-order valence-corrected chi connectivity index (χ2v) is 7.66. The highest BCUT2D eigenvalue weighted by atomic mass is 16.2. The molecule has 0 amide bonds. The number of aryl methyl sites for hydroxylation is 1. The summed E-state index contributed by atoms with van der Waals surface area (Å²) in [6, 6.07) is 3.70. The highest BCUT2D eigenvalue weighted by Gasteiger charge is 2.32. The van der Waals surface area contributed by atoms with E-state index in [1.807, 2.05) is 13.0 Å².